The van der Waals surface area contributed by atoms with Gasteiger partial charge >= 0.3 is 7.82 Å². The molecular weight excluding hydrogens is 717 g/mol. The molecule has 1 amide bonds. The zero-order valence-corrected chi connectivity index (χ0v) is 33.5. The Kier molecular flexibility index (Phi) is 28.3. The highest BCUT2D eigenvalue weighted by Crippen LogP contribution is 2.47. The fraction of sp³-hybridized carbons (Fsp3) is 0.775. The molecule has 13 nitrogen and oxygen atoms in total. The average Bonchev–Trinajstić information content (AvgIpc) is 3.14. The van der Waals surface area contributed by atoms with Gasteiger partial charge in [0.05, 0.1) is 31.3 Å². The number of carbonyl (C=O) groups excluding carboxylic acids is 1. The molecule has 54 heavy (non-hydrogen) atoms. The van der Waals surface area contributed by atoms with Crippen LogP contribution in [0.15, 0.2) is 48.6 Å². The molecular formula is C40H72NO12P. The maximum Gasteiger partial charge on any atom is 0.472 e. The van der Waals surface area contributed by atoms with Gasteiger partial charge in [0.25, 0.3) is 0 Å². The van der Waals surface area contributed by atoms with E-state index in [4.69, 9.17) is 9.05 Å². The van der Waals surface area contributed by atoms with Crippen LogP contribution in [0.2, 0.25) is 0 Å². The minimum atomic E-state index is -5.14. The number of unbranched alkanes of at least 4 members (excludes halogenated alkanes) is 13. The molecule has 1 aliphatic carbocycles. The third-order valence-electron chi connectivity index (χ3n) is 9.40. The Hall–Kier alpha value is -1.74. The van der Waals surface area contributed by atoms with Crippen LogP contribution in [0, 0.1) is 0 Å². The Labute approximate surface area is 323 Å². The third-order valence-corrected chi connectivity index (χ3v) is 10.4. The zero-order valence-electron chi connectivity index (χ0n) is 32.6. The highest BCUT2D eigenvalue weighted by molar-refractivity contribution is 7.47. The molecule has 0 bridgehead atoms. The molecule has 0 heterocycles. The summed E-state index contributed by atoms with van der Waals surface area (Å²) in [5.41, 5.74) is 0. The molecule has 0 saturated heterocycles. The molecule has 1 rings (SSSR count). The van der Waals surface area contributed by atoms with Crippen molar-refractivity contribution < 1.29 is 59.0 Å². The summed E-state index contributed by atoms with van der Waals surface area (Å²) in [5.74, 6) is -0.615. The summed E-state index contributed by atoms with van der Waals surface area (Å²) < 4.78 is 22.6. The first kappa shape index (κ1) is 50.3. The Morgan fingerprint density at radius 2 is 1.19 bits per heavy atom. The van der Waals surface area contributed by atoms with Gasteiger partial charge in [-0.1, -0.05) is 127 Å². The average molecular weight is 790 g/mol. The maximum absolute atomic E-state index is 12.9. The predicted octanol–water partition coefficient (Wildman–Crippen LogP) is 5.19. The Morgan fingerprint density at radius 3 is 1.78 bits per heavy atom. The van der Waals surface area contributed by atoms with Gasteiger partial charge in [0.1, 0.15) is 36.6 Å². The van der Waals surface area contributed by atoms with E-state index in [2.05, 4.69) is 49.5 Å². The molecule has 0 radical (unpaired) electrons. The van der Waals surface area contributed by atoms with Crippen LogP contribution in [-0.4, -0.2) is 108 Å². The molecule has 314 valence electrons. The molecule has 0 aromatic rings. The lowest BCUT2D eigenvalue weighted by atomic mass is 9.85. The van der Waals surface area contributed by atoms with Crippen LogP contribution >= 0.6 is 7.82 Å². The van der Waals surface area contributed by atoms with Gasteiger partial charge in [0.2, 0.25) is 5.91 Å². The van der Waals surface area contributed by atoms with Crippen LogP contribution < -0.4 is 5.32 Å². The molecule has 1 saturated carbocycles. The maximum atomic E-state index is 12.9. The molecule has 8 atom stereocenters. The molecule has 8 unspecified atom stereocenters. The number of allylic oxidation sites excluding steroid dienone is 7. The minimum Gasteiger partial charge on any atom is -0.393 e. The quantitative estimate of drug-likeness (QED) is 0.0192. The number of phosphoric ester groups is 1. The number of nitrogens with one attached hydrogen (secondary N) is 1. The SMILES string of the molecule is CCC/C=C/CC/C=C/C(O)C(COP(=O)(O)OC1C(O)C(O)C(O)C(O)C1O)NC(=O)CC(O)CCCCCCCCCC/C=C\C=C/CCCCC. The van der Waals surface area contributed by atoms with Gasteiger partial charge in [-0.2, -0.15) is 0 Å². The summed E-state index contributed by atoms with van der Waals surface area (Å²) >= 11 is 0. The Balaban J connectivity index is 2.52. The topological polar surface area (TPSA) is 226 Å². The first-order valence-corrected chi connectivity index (χ1v) is 21.7. The van der Waals surface area contributed by atoms with Crippen molar-refractivity contribution in [3.8, 4) is 0 Å². The molecule has 1 fully saturated rings. The molecule has 0 spiro atoms. The number of aliphatic hydroxyl groups excluding tert-OH is 7. The number of hydrogen-bond donors (Lipinski definition) is 9. The van der Waals surface area contributed by atoms with Gasteiger partial charge in [0, 0.05) is 0 Å². The van der Waals surface area contributed by atoms with Crippen molar-refractivity contribution in [2.75, 3.05) is 6.61 Å². The molecule has 1 aliphatic rings. The van der Waals surface area contributed by atoms with E-state index in [0.29, 0.717) is 12.8 Å². The largest absolute Gasteiger partial charge is 0.472 e. The van der Waals surface area contributed by atoms with Crippen molar-refractivity contribution >= 4 is 13.7 Å². The second-order valence-electron chi connectivity index (χ2n) is 14.3. The van der Waals surface area contributed by atoms with Crippen LogP contribution in [0.4, 0.5) is 0 Å². The summed E-state index contributed by atoms with van der Waals surface area (Å²) in [5, 5.41) is 73.9. The van der Waals surface area contributed by atoms with Crippen molar-refractivity contribution in [3.05, 3.63) is 48.6 Å². The van der Waals surface area contributed by atoms with Crippen molar-refractivity contribution in [1.82, 2.24) is 5.32 Å². The summed E-state index contributed by atoms with van der Waals surface area (Å²) in [6, 6.07) is -1.26. The van der Waals surface area contributed by atoms with Crippen LogP contribution in [0.25, 0.3) is 0 Å². The van der Waals surface area contributed by atoms with E-state index in [1.165, 1.54) is 51.0 Å². The predicted molar refractivity (Wildman–Crippen MR) is 210 cm³/mol. The summed E-state index contributed by atoms with van der Waals surface area (Å²) in [7, 11) is -5.14. The molecule has 0 aromatic carbocycles. The van der Waals surface area contributed by atoms with Crippen molar-refractivity contribution in [1.29, 1.82) is 0 Å². The number of carbonyl (C=O) groups is 1. The Morgan fingerprint density at radius 1 is 0.667 bits per heavy atom. The second-order valence-corrected chi connectivity index (χ2v) is 15.7. The lowest BCUT2D eigenvalue weighted by molar-refractivity contribution is -0.220. The second kappa shape index (κ2) is 30.4. The van der Waals surface area contributed by atoms with E-state index in [9.17, 15) is 50.0 Å². The fourth-order valence-corrected chi connectivity index (χ4v) is 6.98. The van der Waals surface area contributed by atoms with E-state index in [0.717, 1.165) is 57.8 Å². The van der Waals surface area contributed by atoms with E-state index in [-0.39, 0.29) is 6.42 Å². The van der Waals surface area contributed by atoms with Crippen molar-refractivity contribution in [3.63, 3.8) is 0 Å². The third kappa shape index (κ3) is 22.7. The van der Waals surface area contributed by atoms with Gasteiger partial charge in [0.15, 0.2) is 0 Å². The van der Waals surface area contributed by atoms with E-state index >= 15 is 0 Å². The van der Waals surface area contributed by atoms with Gasteiger partial charge < -0.3 is 46.0 Å². The summed E-state index contributed by atoms with van der Waals surface area (Å²) in [6.45, 7) is 3.53. The normalized spacial score (nSPS) is 25.1. The highest BCUT2D eigenvalue weighted by atomic mass is 31.2. The summed E-state index contributed by atoms with van der Waals surface area (Å²) in [4.78, 5) is 23.2. The van der Waals surface area contributed by atoms with Gasteiger partial charge in [-0.15, -0.1) is 0 Å². The van der Waals surface area contributed by atoms with Crippen LogP contribution in [0.3, 0.4) is 0 Å². The number of hydrogen-bond acceptors (Lipinski definition) is 11. The van der Waals surface area contributed by atoms with Crippen LogP contribution in [-0.2, 0) is 18.4 Å². The molecule has 0 aliphatic heterocycles. The van der Waals surface area contributed by atoms with Gasteiger partial charge in [-0.05, 0) is 51.4 Å². The Bertz CT molecular complexity index is 1120. The van der Waals surface area contributed by atoms with E-state index in [1.54, 1.807) is 6.08 Å². The number of aliphatic hydroxyl groups is 7. The van der Waals surface area contributed by atoms with Gasteiger partial charge in [-0.3, -0.25) is 13.8 Å². The number of phosphoric acid groups is 1. The van der Waals surface area contributed by atoms with E-state index < -0.39 is 75.2 Å². The fourth-order valence-electron chi connectivity index (χ4n) is 6.02. The number of rotatable bonds is 31. The number of amides is 1. The monoisotopic (exact) mass is 789 g/mol. The summed E-state index contributed by atoms with van der Waals surface area (Å²) in [6.07, 6.45) is 19.7. The molecule has 9 N–H and O–H groups in total. The first-order chi connectivity index (χ1) is 25.8. The standard InChI is InChI=1S/C40H72NO12P/c1-3-5-7-9-11-12-13-14-15-16-17-18-19-20-22-23-25-27-31(42)29-34(44)41-32(33(43)28-26-24-21-10-8-6-4-2)30-52-54(50,51)53-40-38(48)36(46)35(45)37(47)39(40)49/h8,10-14,26,28,31-33,35-40,42-43,45-49H,3-7,9,15-25,27,29-30H2,1-2H3,(H,41,44)(H,50,51)/b10-8+,12-11-,14-13-,28-26+. The highest BCUT2D eigenvalue weighted by Gasteiger charge is 2.51. The minimum absolute atomic E-state index is 0.260. The molecule has 0 aromatic heterocycles. The van der Waals surface area contributed by atoms with E-state index in [1.807, 2.05) is 6.08 Å². The lowest BCUT2D eigenvalue weighted by Gasteiger charge is -2.41. The molecule has 14 heteroatoms. The van der Waals surface area contributed by atoms with Crippen molar-refractivity contribution in [2.45, 2.75) is 191 Å². The van der Waals surface area contributed by atoms with Crippen LogP contribution in [0.5, 0.6) is 0 Å². The first-order valence-electron chi connectivity index (χ1n) is 20.2. The zero-order chi connectivity index (χ0) is 40.2. The van der Waals surface area contributed by atoms with Crippen molar-refractivity contribution in [2.24, 2.45) is 0 Å². The van der Waals surface area contributed by atoms with Gasteiger partial charge in [-0.25, -0.2) is 4.57 Å². The van der Waals surface area contributed by atoms with Crippen LogP contribution in [0.1, 0.15) is 136 Å². The smallest absolute Gasteiger partial charge is 0.393 e. The lowest BCUT2D eigenvalue weighted by Crippen LogP contribution is -2.64.